The zero-order valence-corrected chi connectivity index (χ0v) is 17.8. The molecule has 0 saturated carbocycles. The molecule has 0 spiro atoms. The minimum Gasteiger partial charge on any atom is -0.493 e. The number of ether oxygens (including phenoxy) is 4. The van der Waals surface area contributed by atoms with Crippen molar-refractivity contribution in [2.24, 2.45) is 5.73 Å². The summed E-state index contributed by atoms with van der Waals surface area (Å²) in [5, 5.41) is 9.84. The van der Waals surface area contributed by atoms with Crippen molar-refractivity contribution < 1.29 is 18.9 Å². The summed E-state index contributed by atoms with van der Waals surface area (Å²) < 4.78 is 23.9. The molecule has 4 rings (SSSR count). The summed E-state index contributed by atoms with van der Waals surface area (Å²) in [7, 11) is 3.08. The fourth-order valence-electron chi connectivity index (χ4n) is 4.27. The summed E-state index contributed by atoms with van der Waals surface area (Å²) in [4.78, 5) is 13.7. The Kier molecular flexibility index (Phi) is 5.61. The number of nitriles is 1. The first kappa shape index (κ1) is 20.8. The van der Waals surface area contributed by atoms with Crippen LogP contribution in [0.2, 0.25) is 0 Å². The van der Waals surface area contributed by atoms with Gasteiger partial charge in [-0.2, -0.15) is 5.26 Å². The van der Waals surface area contributed by atoms with Gasteiger partial charge in [0, 0.05) is 18.4 Å². The van der Waals surface area contributed by atoms with E-state index in [2.05, 4.69) is 6.07 Å². The van der Waals surface area contributed by atoms with Crippen LogP contribution in [-0.4, -0.2) is 31.5 Å². The molecule has 1 aromatic carbocycles. The lowest BCUT2D eigenvalue weighted by Crippen LogP contribution is -2.35. The summed E-state index contributed by atoms with van der Waals surface area (Å²) >= 11 is 0. The largest absolute Gasteiger partial charge is 0.493 e. The Hall–Kier alpha value is -3.44. The maximum Gasteiger partial charge on any atom is 0.258 e. The standard InChI is InChI=1S/C23H25N3O5/c1-13-9-19-21(23(27)26(13)12-15-5-4-8-30-15)20(16(11-24)22(25)31-19)14-6-7-17(28-2)18(10-14)29-3/h6-7,9-10,15,20H,4-5,8,12,25H2,1-3H3/t15-,20-/m1/s1. The van der Waals surface area contributed by atoms with Crippen LogP contribution in [0.5, 0.6) is 17.2 Å². The van der Waals surface area contributed by atoms with Gasteiger partial charge in [-0.05, 0) is 37.5 Å². The van der Waals surface area contributed by atoms with Crippen LogP contribution < -0.4 is 25.5 Å². The molecule has 2 aromatic rings. The van der Waals surface area contributed by atoms with Crippen molar-refractivity contribution in [3.8, 4) is 23.3 Å². The molecule has 8 heteroatoms. The van der Waals surface area contributed by atoms with Gasteiger partial charge in [0.1, 0.15) is 17.4 Å². The van der Waals surface area contributed by atoms with E-state index in [4.69, 9.17) is 24.7 Å². The fourth-order valence-corrected chi connectivity index (χ4v) is 4.27. The number of pyridine rings is 1. The number of methoxy groups -OCH3 is 2. The van der Waals surface area contributed by atoms with E-state index in [1.54, 1.807) is 35.9 Å². The Morgan fingerprint density at radius 1 is 1.26 bits per heavy atom. The highest BCUT2D eigenvalue weighted by Gasteiger charge is 2.35. The lowest BCUT2D eigenvalue weighted by molar-refractivity contribution is 0.0955. The molecule has 1 fully saturated rings. The molecule has 2 atom stereocenters. The van der Waals surface area contributed by atoms with Gasteiger partial charge in [0.2, 0.25) is 5.88 Å². The molecule has 2 N–H and O–H groups in total. The SMILES string of the molecule is COc1ccc([C@@H]2C(C#N)=C(N)Oc3cc(C)n(C[C@H]4CCCO4)c(=O)c32)cc1OC. The molecule has 2 aliphatic heterocycles. The summed E-state index contributed by atoms with van der Waals surface area (Å²) in [5.41, 5.74) is 7.86. The third-order valence-electron chi connectivity index (χ3n) is 5.84. The third-order valence-corrected chi connectivity index (χ3v) is 5.84. The number of nitrogens with zero attached hydrogens (tertiary/aromatic N) is 2. The number of benzene rings is 1. The molecule has 2 aliphatic rings. The van der Waals surface area contributed by atoms with Crippen LogP contribution in [-0.2, 0) is 11.3 Å². The van der Waals surface area contributed by atoms with Crippen molar-refractivity contribution in [3.63, 3.8) is 0 Å². The highest BCUT2D eigenvalue weighted by Crippen LogP contribution is 2.42. The van der Waals surface area contributed by atoms with Crippen LogP contribution in [0.1, 0.15) is 35.6 Å². The average Bonchev–Trinajstić information content (AvgIpc) is 3.28. The van der Waals surface area contributed by atoms with E-state index >= 15 is 0 Å². The molecular weight excluding hydrogens is 398 g/mol. The highest BCUT2D eigenvalue weighted by molar-refractivity contribution is 5.57. The average molecular weight is 423 g/mol. The van der Waals surface area contributed by atoms with Crippen LogP contribution in [0.15, 0.2) is 40.5 Å². The van der Waals surface area contributed by atoms with Gasteiger partial charge >= 0.3 is 0 Å². The van der Waals surface area contributed by atoms with Gasteiger partial charge in [-0.1, -0.05) is 6.07 Å². The van der Waals surface area contributed by atoms with Gasteiger partial charge in [0.25, 0.3) is 5.56 Å². The molecule has 3 heterocycles. The van der Waals surface area contributed by atoms with Gasteiger partial charge in [-0.15, -0.1) is 0 Å². The molecule has 0 radical (unpaired) electrons. The van der Waals surface area contributed by atoms with Gasteiger partial charge in [-0.25, -0.2) is 0 Å². The smallest absolute Gasteiger partial charge is 0.258 e. The number of aryl methyl sites for hydroxylation is 1. The quantitative estimate of drug-likeness (QED) is 0.787. The van der Waals surface area contributed by atoms with Gasteiger partial charge < -0.3 is 29.2 Å². The molecule has 0 bridgehead atoms. The molecular formula is C23H25N3O5. The molecule has 1 saturated heterocycles. The van der Waals surface area contributed by atoms with Crippen LogP contribution in [0.4, 0.5) is 0 Å². The van der Waals surface area contributed by atoms with E-state index in [-0.39, 0.29) is 23.1 Å². The first-order valence-electron chi connectivity index (χ1n) is 10.1. The molecule has 0 amide bonds. The maximum absolute atomic E-state index is 13.7. The number of rotatable bonds is 5. The monoisotopic (exact) mass is 423 g/mol. The van der Waals surface area contributed by atoms with Crippen molar-refractivity contribution in [2.45, 2.75) is 38.3 Å². The van der Waals surface area contributed by atoms with E-state index in [9.17, 15) is 10.1 Å². The van der Waals surface area contributed by atoms with Crippen LogP contribution in [0, 0.1) is 18.3 Å². The predicted molar refractivity (Wildman–Crippen MR) is 113 cm³/mol. The summed E-state index contributed by atoms with van der Waals surface area (Å²) in [6.45, 7) is 3.02. The summed E-state index contributed by atoms with van der Waals surface area (Å²) in [6, 6.07) is 9.22. The van der Waals surface area contributed by atoms with Gasteiger partial charge in [0.05, 0.1) is 38.3 Å². The molecule has 0 aliphatic carbocycles. The number of fused-ring (bicyclic) bond motifs is 1. The number of aromatic nitrogens is 1. The Morgan fingerprint density at radius 2 is 2.03 bits per heavy atom. The van der Waals surface area contributed by atoms with E-state index in [1.165, 1.54) is 7.11 Å². The maximum atomic E-state index is 13.7. The second-order valence-electron chi connectivity index (χ2n) is 7.65. The highest BCUT2D eigenvalue weighted by atomic mass is 16.5. The Bertz CT molecular complexity index is 1140. The lowest BCUT2D eigenvalue weighted by Gasteiger charge is -2.28. The van der Waals surface area contributed by atoms with Crippen molar-refractivity contribution in [1.29, 1.82) is 5.26 Å². The second-order valence-corrected chi connectivity index (χ2v) is 7.65. The minimum atomic E-state index is -0.683. The topological polar surface area (TPSA) is 109 Å². The molecule has 1 aromatic heterocycles. The normalized spacial score (nSPS) is 20.1. The van der Waals surface area contributed by atoms with Crippen LogP contribution in [0.3, 0.4) is 0 Å². The van der Waals surface area contributed by atoms with E-state index in [0.717, 1.165) is 18.5 Å². The number of nitrogens with two attached hydrogens (primary N) is 1. The molecule has 31 heavy (non-hydrogen) atoms. The van der Waals surface area contributed by atoms with E-state index in [0.29, 0.717) is 41.5 Å². The van der Waals surface area contributed by atoms with Crippen molar-refractivity contribution in [2.75, 3.05) is 20.8 Å². The van der Waals surface area contributed by atoms with Gasteiger partial charge in [0.15, 0.2) is 11.5 Å². The first-order chi connectivity index (χ1) is 15.0. The van der Waals surface area contributed by atoms with Crippen LogP contribution >= 0.6 is 0 Å². The predicted octanol–water partition coefficient (Wildman–Crippen LogP) is 2.57. The molecule has 162 valence electrons. The first-order valence-corrected chi connectivity index (χ1v) is 10.1. The number of allylic oxidation sites excluding steroid dienone is 1. The zero-order valence-electron chi connectivity index (χ0n) is 17.8. The van der Waals surface area contributed by atoms with E-state index in [1.807, 2.05) is 6.92 Å². The van der Waals surface area contributed by atoms with E-state index < -0.39 is 5.92 Å². The van der Waals surface area contributed by atoms with Gasteiger partial charge in [-0.3, -0.25) is 4.79 Å². The molecule has 8 nitrogen and oxygen atoms in total. The number of hydrogen-bond donors (Lipinski definition) is 1. The zero-order chi connectivity index (χ0) is 22.1. The lowest BCUT2D eigenvalue weighted by atomic mass is 9.84. The van der Waals surface area contributed by atoms with Crippen LogP contribution in [0.25, 0.3) is 0 Å². The number of hydrogen-bond acceptors (Lipinski definition) is 7. The Labute approximate surface area is 180 Å². The third kappa shape index (κ3) is 3.62. The van der Waals surface area contributed by atoms with Crippen molar-refractivity contribution in [3.05, 3.63) is 62.9 Å². The second kappa shape index (κ2) is 8.36. The Balaban J connectivity index is 1.90. The minimum absolute atomic E-state index is 0.00506. The van der Waals surface area contributed by atoms with Crippen molar-refractivity contribution in [1.82, 2.24) is 4.57 Å². The summed E-state index contributed by atoms with van der Waals surface area (Å²) in [5.74, 6) is 0.717. The Morgan fingerprint density at radius 3 is 2.68 bits per heavy atom. The summed E-state index contributed by atoms with van der Waals surface area (Å²) in [6.07, 6.45) is 1.89. The molecule has 0 unspecified atom stereocenters. The van der Waals surface area contributed by atoms with Crippen molar-refractivity contribution >= 4 is 0 Å². The fraction of sp³-hybridized carbons (Fsp3) is 0.391.